The first-order valence-electron chi connectivity index (χ1n) is 7.07. The van der Waals surface area contributed by atoms with Gasteiger partial charge in [-0.25, -0.2) is 4.98 Å². The molecule has 1 aliphatic rings. The number of likely N-dealkylation sites (N-methyl/N-ethyl adjacent to an activating group) is 1. The number of carbonyl (C=O) groups is 1. The molecule has 1 fully saturated rings. The minimum Gasteiger partial charge on any atom is -0.375 e. The molecule has 1 aromatic heterocycles. The first-order chi connectivity index (χ1) is 9.51. The van der Waals surface area contributed by atoms with E-state index >= 15 is 0 Å². The molecule has 0 aromatic carbocycles. The fraction of sp³-hybridized carbons (Fsp3) is 0.714. The van der Waals surface area contributed by atoms with Crippen LogP contribution in [0.25, 0.3) is 0 Å². The molecule has 0 aliphatic carbocycles. The van der Waals surface area contributed by atoms with Gasteiger partial charge in [-0.3, -0.25) is 4.79 Å². The van der Waals surface area contributed by atoms with Crippen LogP contribution >= 0.6 is 11.3 Å². The molecule has 1 N–H and O–H groups in total. The van der Waals surface area contributed by atoms with Gasteiger partial charge < -0.3 is 15.0 Å². The summed E-state index contributed by atoms with van der Waals surface area (Å²) in [6.07, 6.45) is 0.0680. The van der Waals surface area contributed by atoms with Crippen molar-refractivity contribution in [1.82, 2.24) is 15.2 Å². The van der Waals surface area contributed by atoms with Crippen molar-refractivity contribution >= 4 is 17.2 Å². The first kappa shape index (κ1) is 15.4. The van der Waals surface area contributed by atoms with Gasteiger partial charge in [-0.2, -0.15) is 0 Å². The lowest BCUT2D eigenvalue weighted by atomic mass is 10.2. The lowest BCUT2D eigenvalue weighted by Gasteiger charge is -2.19. The van der Waals surface area contributed by atoms with Crippen molar-refractivity contribution < 1.29 is 9.53 Å². The van der Waals surface area contributed by atoms with Gasteiger partial charge in [0.2, 0.25) is 0 Å². The minimum absolute atomic E-state index is 0.0406. The highest BCUT2D eigenvalue weighted by Gasteiger charge is 2.33. The van der Waals surface area contributed by atoms with Gasteiger partial charge in [0.15, 0.2) is 5.01 Å². The Morgan fingerprint density at radius 3 is 2.95 bits per heavy atom. The number of likely N-dealkylation sites (tertiary alicyclic amines) is 1. The maximum Gasteiger partial charge on any atom is 0.280 e. The van der Waals surface area contributed by atoms with Crippen LogP contribution in [-0.2, 0) is 4.74 Å². The molecule has 0 unspecified atom stereocenters. The highest BCUT2D eigenvalue weighted by Crippen LogP contribution is 2.18. The fourth-order valence-corrected chi connectivity index (χ4v) is 3.25. The van der Waals surface area contributed by atoms with E-state index in [0.29, 0.717) is 17.5 Å². The highest BCUT2D eigenvalue weighted by molar-refractivity contribution is 7.11. The summed E-state index contributed by atoms with van der Waals surface area (Å²) in [4.78, 5) is 18.8. The Labute approximate surface area is 124 Å². The van der Waals surface area contributed by atoms with Gasteiger partial charge in [-0.1, -0.05) is 13.8 Å². The monoisotopic (exact) mass is 297 g/mol. The van der Waals surface area contributed by atoms with E-state index in [1.54, 1.807) is 0 Å². The summed E-state index contributed by atoms with van der Waals surface area (Å²) in [5.74, 6) is 0.258. The average Bonchev–Trinajstić information content (AvgIpc) is 2.97. The number of nitrogens with zero attached hydrogens (tertiary/aromatic N) is 2. The lowest BCUT2D eigenvalue weighted by molar-refractivity contribution is 0.0513. The molecule has 1 saturated heterocycles. The molecule has 20 heavy (non-hydrogen) atoms. The Kier molecular flexibility index (Phi) is 5.12. The zero-order valence-electron chi connectivity index (χ0n) is 12.5. The van der Waals surface area contributed by atoms with Crippen LogP contribution in [0.4, 0.5) is 0 Å². The van der Waals surface area contributed by atoms with Crippen LogP contribution < -0.4 is 5.32 Å². The van der Waals surface area contributed by atoms with E-state index in [9.17, 15) is 4.79 Å². The van der Waals surface area contributed by atoms with Gasteiger partial charge >= 0.3 is 0 Å². The standard InChI is InChI=1S/C14H23N3O2S/c1-5-19-12-7-17(4)6-10(12)15-13(18)14-16-11(8-20-14)9(2)3/h8-10,12H,5-7H2,1-4H3,(H,15,18)/t10-,12-/m1/s1. The van der Waals surface area contributed by atoms with Gasteiger partial charge in [0, 0.05) is 25.1 Å². The van der Waals surface area contributed by atoms with Gasteiger partial charge in [0.25, 0.3) is 5.91 Å². The van der Waals surface area contributed by atoms with E-state index < -0.39 is 0 Å². The molecule has 0 saturated carbocycles. The second-order valence-electron chi connectivity index (χ2n) is 5.53. The van der Waals surface area contributed by atoms with Crippen molar-refractivity contribution in [2.75, 3.05) is 26.7 Å². The van der Waals surface area contributed by atoms with Crippen molar-refractivity contribution in [2.45, 2.75) is 38.8 Å². The maximum atomic E-state index is 12.3. The van der Waals surface area contributed by atoms with Gasteiger partial charge in [0.05, 0.1) is 17.8 Å². The average molecular weight is 297 g/mol. The summed E-state index contributed by atoms with van der Waals surface area (Å²) in [6, 6.07) is 0.0406. The number of nitrogens with one attached hydrogen (secondary N) is 1. The smallest absolute Gasteiger partial charge is 0.280 e. The molecular weight excluding hydrogens is 274 g/mol. The number of amides is 1. The largest absolute Gasteiger partial charge is 0.375 e. The third-order valence-corrected chi connectivity index (χ3v) is 4.31. The summed E-state index contributed by atoms with van der Waals surface area (Å²) in [7, 11) is 2.04. The van der Waals surface area contributed by atoms with E-state index in [2.05, 4.69) is 29.0 Å². The molecule has 2 heterocycles. The molecule has 2 atom stereocenters. The van der Waals surface area contributed by atoms with Crippen molar-refractivity contribution in [2.24, 2.45) is 0 Å². The molecular formula is C14H23N3O2S. The topological polar surface area (TPSA) is 54.5 Å². The summed E-state index contributed by atoms with van der Waals surface area (Å²) < 4.78 is 5.69. The number of carbonyl (C=O) groups excluding carboxylic acids is 1. The summed E-state index contributed by atoms with van der Waals surface area (Å²) >= 11 is 1.41. The Morgan fingerprint density at radius 2 is 2.35 bits per heavy atom. The number of rotatable bonds is 5. The number of thiazole rings is 1. The summed E-state index contributed by atoms with van der Waals surface area (Å²) in [6.45, 7) is 8.47. The van der Waals surface area contributed by atoms with Gasteiger partial charge in [0.1, 0.15) is 0 Å². The fourth-order valence-electron chi connectivity index (χ4n) is 2.37. The van der Waals surface area contributed by atoms with Crippen molar-refractivity contribution in [3.05, 3.63) is 16.1 Å². The van der Waals surface area contributed by atoms with E-state index in [0.717, 1.165) is 18.8 Å². The van der Waals surface area contributed by atoms with E-state index in [4.69, 9.17) is 4.74 Å². The Morgan fingerprint density at radius 1 is 1.60 bits per heavy atom. The lowest BCUT2D eigenvalue weighted by Crippen LogP contribution is -2.43. The molecule has 1 aromatic rings. The normalized spacial score (nSPS) is 23.4. The first-order valence-corrected chi connectivity index (χ1v) is 7.95. The van der Waals surface area contributed by atoms with Crippen LogP contribution in [-0.4, -0.2) is 54.7 Å². The maximum absolute atomic E-state index is 12.3. The van der Waals surface area contributed by atoms with Crippen molar-refractivity contribution in [3.63, 3.8) is 0 Å². The molecule has 6 heteroatoms. The van der Waals surface area contributed by atoms with Crippen LogP contribution in [0.2, 0.25) is 0 Å². The Hall–Kier alpha value is -0.980. The third-order valence-electron chi connectivity index (χ3n) is 3.45. The van der Waals surface area contributed by atoms with Gasteiger partial charge in [-0.15, -0.1) is 11.3 Å². The molecule has 0 spiro atoms. The van der Waals surface area contributed by atoms with Crippen LogP contribution in [0, 0.1) is 0 Å². The number of aromatic nitrogens is 1. The van der Waals surface area contributed by atoms with Crippen LogP contribution in [0.5, 0.6) is 0 Å². The van der Waals surface area contributed by atoms with Gasteiger partial charge in [-0.05, 0) is 19.9 Å². The second kappa shape index (κ2) is 6.65. The minimum atomic E-state index is -0.0908. The zero-order chi connectivity index (χ0) is 14.7. The summed E-state index contributed by atoms with van der Waals surface area (Å²) in [5, 5.41) is 5.55. The predicted molar refractivity (Wildman–Crippen MR) is 80.4 cm³/mol. The molecule has 0 radical (unpaired) electrons. The van der Waals surface area contributed by atoms with Crippen molar-refractivity contribution in [3.8, 4) is 0 Å². The van der Waals surface area contributed by atoms with Crippen LogP contribution in [0.1, 0.15) is 42.2 Å². The highest BCUT2D eigenvalue weighted by atomic mass is 32.1. The molecule has 1 amide bonds. The molecule has 1 aliphatic heterocycles. The SMILES string of the molecule is CCO[C@@H]1CN(C)C[C@H]1NC(=O)c1nc(C(C)C)cs1. The molecule has 2 rings (SSSR count). The predicted octanol–water partition coefficient (Wildman–Crippen LogP) is 1.72. The third kappa shape index (κ3) is 3.56. The second-order valence-corrected chi connectivity index (χ2v) is 6.39. The zero-order valence-corrected chi connectivity index (χ0v) is 13.4. The molecule has 5 nitrogen and oxygen atoms in total. The molecule has 0 bridgehead atoms. The number of ether oxygens (including phenoxy) is 1. The van der Waals surface area contributed by atoms with E-state index in [1.165, 1.54) is 11.3 Å². The number of hydrogen-bond donors (Lipinski definition) is 1. The Bertz CT molecular complexity index is 461. The Balaban J connectivity index is 1.99. The van der Waals surface area contributed by atoms with Crippen molar-refractivity contribution in [1.29, 1.82) is 0 Å². The van der Waals surface area contributed by atoms with E-state index in [1.807, 2.05) is 19.4 Å². The van der Waals surface area contributed by atoms with E-state index in [-0.39, 0.29) is 18.1 Å². The van der Waals surface area contributed by atoms with Crippen LogP contribution in [0.15, 0.2) is 5.38 Å². The van der Waals surface area contributed by atoms with Crippen LogP contribution in [0.3, 0.4) is 0 Å². The summed E-state index contributed by atoms with van der Waals surface area (Å²) in [5.41, 5.74) is 0.977. The number of hydrogen-bond acceptors (Lipinski definition) is 5. The quantitative estimate of drug-likeness (QED) is 0.899. The molecule has 112 valence electrons.